The molecule has 0 fully saturated rings. The Balaban J connectivity index is 2.26. The zero-order valence-corrected chi connectivity index (χ0v) is 13.7. The largest absolute Gasteiger partial charge is 0.496 e. The lowest BCUT2D eigenvalue weighted by Crippen LogP contribution is -2.30. The molecule has 1 amide bonds. The number of hydrogen-bond acceptors (Lipinski definition) is 3. The van der Waals surface area contributed by atoms with E-state index < -0.39 is 5.82 Å². The van der Waals surface area contributed by atoms with Crippen molar-refractivity contribution in [2.24, 2.45) is 0 Å². The smallest absolute Gasteiger partial charge is 0.254 e. The normalized spacial score (nSPS) is 11.7. The highest BCUT2D eigenvalue weighted by molar-refractivity contribution is 5.94. The fourth-order valence-corrected chi connectivity index (χ4v) is 2.40. The Morgan fingerprint density at radius 2 is 1.74 bits per heavy atom. The van der Waals surface area contributed by atoms with Gasteiger partial charge in [-0.05, 0) is 31.2 Å². The van der Waals surface area contributed by atoms with Crippen molar-refractivity contribution >= 4 is 5.91 Å². The zero-order chi connectivity index (χ0) is 17.0. The van der Waals surface area contributed by atoms with Crippen LogP contribution in [0.3, 0.4) is 0 Å². The summed E-state index contributed by atoms with van der Waals surface area (Å²) in [5.41, 5.74) is 1.16. The molecule has 0 bridgehead atoms. The zero-order valence-electron chi connectivity index (χ0n) is 13.7. The third-order valence-corrected chi connectivity index (χ3v) is 3.89. The van der Waals surface area contributed by atoms with Crippen molar-refractivity contribution in [1.29, 1.82) is 0 Å². The van der Waals surface area contributed by atoms with Gasteiger partial charge in [0.05, 0.1) is 20.3 Å². The molecule has 0 spiro atoms. The molecule has 0 saturated heterocycles. The molecule has 2 aromatic carbocycles. The molecule has 0 radical (unpaired) electrons. The van der Waals surface area contributed by atoms with Crippen LogP contribution in [0, 0.1) is 5.82 Å². The Hall–Kier alpha value is -2.56. The molecule has 0 unspecified atom stereocenters. The molecular formula is C18H20FNO3. The maximum atomic E-state index is 13.8. The fourth-order valence-electron chi connectivity index (χ4n) is 2.40. The highest BCUT2D eigenvalue weighted by Gasteiger charge is 2.22. The first kappa shape index (κ1) is 16.8. The summed E-state index contributed by atoms with van der Waals surface area (Å²) in [6, 6.07) is 11.5. The predicted octanol–water partition coefficient (Wildman–Crippen LogP) is 3.68. The lowest BCUT2D eigenvalue weighted by molar-refractivity contribution is 0.0740. The molecule has 1 atom stereocenters. The van der Waals surface area contributed by atoms with Crippen molar-refractivity contribution in [3.05, 3.63) is 59.4 Å². The Bertz CT molecular complexity index is 702. The molecule has 4 nitrogen and oxygen atoms in total. The number of hydrogen-bond donors (Lipinski definition) is 0. The van der Waals surface area contributed by atoms with E-state index in [0.29, 0.717) is 5.75 Å². The van der Waals surface area contributed by atoms with Crippen molar-refractivity contribution in [3.8, 4) is 11.5 Å². The lowest BCUT2D eigenvalue weighted by Gasteiger charge is -2.26. The van der Waals surface area contributed by atoms with Crippen LogP contribution < -0.4 is 9.47 Å². The van der Waals surface area contributed by atoms with E-state index in [2.05, 4.69) is 0 Å². The second-order valence-electron chi connectivity index (χ2n) is 5.18. The van der Waals surface area contributed by atoms with Crippen LogP contribution in [0.4, 0.5) is 4.39 Å². The Labute approximate surface area is 135 Å². The molecule has 0 aromatic heterocycles. The summed E-state index contributed by atoms with van der Waals surface area (Å²) in [5, 5.41) is 0. The van der Waals surface area contributed by atoms with E-state index in [1.807, 2.05) is 31.2 Å². The molecule has 2 rings (SSSR count). The predicted molar refractivity (Wildman–Crippen MR) is 86.5 cm³/mol. The number of methoxy groups -OCH3 is 2. The van der Waals surface area contributed by atoms with Crippen LogP contribution in [-0.2, 0) is 0 Å². The van der Waals surface area contributed by atoms with Gasteiger partial charge in [0.2, 0.25) is 0 Å². The summed E-state index contributed by atoms with van der Waals surface area (Å²) < 4.78 is 24.0. The van der Waals surface area contributed by atoms with Gasteiger partial charge in [0, 0.05) is 18.2 Å². The van der Waals surface area contributed by atoms with Crippen molar-refractivity contribution in [2.45, 2.75) is 13.0 Å². The van der Waals surface area contributed by atoms with Gasteiger partial charge >= 0.3 is 0 Å². The van der Waals surface area contributed by atoms with E-state index in [9.17, 15) is 9.18 Å². The number of amides is 1. The maximum Gasteiger partial charge on any atom is 0.254 e. The SMILES string of the molecule is COc1ccc(C(=O)N(C)[C@H](C)c2ccccc2OC)cc1F. The van der Waals surface area contributed by atoms with Crippen molar-refractivity contribution in [2.75, 3.05) is 21.3 Å². The number of carbonyl (C=O) groups excluding carboxylic acids is 1. The van der Waals surface area contributed by atoms with Gasteiger partial charge in [0.1, 0.15) is 5.75 Å². The molecule has 122 valence electrons. The third kappa shape index (κ3) is 3.44. The molecule has 0 saturated carbocycles. The second-order valence-corrected chi connectivity index (χ2v) is 5.18. The standard InChI is InChI=1S/C18H20FNO3/c1-12(14-7-5-6-8-16(14)22-3)20(2)18(21)13-9-10-17(23-4)15(19)11-13/h5-12H,1-4H3/t12-/m1/s1. The van der Waals surface area contributed by atoms with Gasteiger partial charge in [-0.2, -0.15) is 0 Å². The van der Waals surface area contributed by atoms with Crippen LogP contribution in [0.1, 0.15) is 28.9 Å². The van der Waals surface area contributed by atoms with Gasteiger partial charge in [0.15, 0.2) is 11.6 Å². The van der Waals surface area contributed by atoms with Gasteiger partial charge in [-0.25, -0.2) is 4.39 Å². The van der Waals surface area contributed by atoms with Crippen molar-refractivity contribution in [1.82, 2.24) is 4.90 Å². The van der Waals surface area contributed by atoms with E-state index in [1.54, 1.807) is 25.1 Å². The molecule has 23 heavy (non-hydrogen) atoms. The number of nitrogens with zero attached hydrogens (tertiary/aromatic N) is 1. The average molecular weight is 317 g/mol. The van der Waals surface area contributed by atoms with Crippen LogP contribution in [0.5, 0.6) is 11.5 Å². The van der Waals surface area contributed by atoms with Gasteiger partial charge in [-0.3, -0.25) is 4.79 Å². The van der Waals surface area contributed by atoms with Crippen molar-refractivity contribution < 1.29 is 18.7 Å². The van der Waals surface area contributed by atoms with E-state index >= 15 is 0 Å². The molecule has 0 aliphatic rings. The molecule has 0 aliphatic carbocycles. The Morgan fingerprint density at radius 1 is 1.09 bits per heavy atom. The van der Waals surface area contributed by atoms with Gasteiger partial charge in [-0.1, -0.05) is 18.2 Å². The van der Waals surface area contributed by atoms with Gasteiger partial charge < -0.3 is 14.4 Å². The average Bonchev–Trinajstić information content (AvgIpc) is 2.59. The minimum Gasteiger partial charge on any atom is -0.496 e. The monoisotopic (exact) mass is 317 g/mol. The summed E-state index contributed by atoms with van der Waals surface area (Å²) in [6.45, 7) is 1.90. The minimum absolute atomic E-state index is 0.113. The van der Waals surface area contributed by atoms with Crippen LogP contribution >= 0.6 is 0 Å². The number of halogens is 1. The summed E-state index contributed by atoms with van der Waals surface area (Å²) in [5.74, 6) is -0.0100. The summed E-state index contributed by atoms with van der Waals surface area (Å²) in [7, 11) is 4.66. The first-order valence-electron chi connectivity index (χ1n) is 7.23. The highest BCUT2D eigenvalue weighted by Crippen LogP contribution is 2.29. The first-order chi connectivity index (χ1) is 11.0. The van der Waals surface area contributed by atoms with E-state index in [1.165, 1.54) is 19.2 Å². The topological polar surface area (TPSA) is 38.8 Å². The number of rotatable bonds is 5. The Kier molecular flexibility index (Phi) is 5.21. The summed E-state index contributed by atoms with van der Waals surface area (Å²) in [6.07, 6.45) is 0. The number of carbonyl (C=O) groups is 1. The molecule has 2 aromatic rings. The van der Waals surface area contributed by atoms with E-state index in [4.69, 9.17) is 9.47 Å². The van der Waals surface area contributed by atoms with Gasteiger partial charge in [-0.15, -0.1) is 0 Å². The highest BCUT2D eigenvalue weighted by atomic mass is 19.1. The number of para-hydroxylation sites is 1. The lowest BCUT2D eigenvalue weighted by atomic mass is 10.0. The van der Waals surface area contributed by atoms with Crippen molar-refractivity contribution in [3.63, 3.8) is 0 Å². The van der Waals surface area contributed by atoms with E-state index in [-0.39, 0.29) is 23.3 Å². The summed E-state index contributed by atoms with van der Waals surface area (Å²) >= 11 is 0. The minimum atomic E-state index is -0.559. The third-order valence-electron chi connectivity index (χ3n) is 3.89. The molecule has 0 aliphatic heterocycles. The van der Waals surface area contributed by atoms with Crippen LogP contribution in [0.2, 0.25) is 0 Å². The van der Waals surface area contributed by atoms with Crippen LogP contribution in [-0.4, -0.2) is 32.1 Å². The number of benzene rings is 2. The quantitative estimate of drug-likeness (QED) is 0.844. The molecule has 0 heterocycles. The van der Waals surface area contributed by atoms with E-state index in [0.717, 1.165) is 5.56 Å². The Morgan fingerprint density at radius 3 is 2.35 bits per heavy atom. The fraction of sp³-hybridized carbons (Fsp3) is 0.278. The van der Waals surface area contributed by atoms with Crippen LogP contribution in [0.25, 0.3) is 0 Å². The first-order valence-corrected chi connectivity index (χ1v) is 7.23. The number of ether oxygens (including phenoxy) is 2. The maximum absolute atomic E-state index is 13.8. The molecule has 0 N–H and O–H groups in total. The van der Waals surface area contributed by atoms with Gasteiger partial charge in [0.25, 0.3) is 5.91 Å². The summed E-state index contributed by atoms with van der Waals surface area (Å²) in [4.78, 5) is 14.1. The van der Waals surface area contributed by atoms with Crippen LogP contribution in [0.15, 0.2) is 42.5 Å². The molecular weight excluding hydrogens is 297 g/mol. The molecule has 5 heteroatoms. The second kappa shape index (κ2) is 7.13.